The average Bonchev–Trinajstić information content (AvgIpc) is 1.77. The lowest BCUT2D eigenvalue weighted by molar-refractivity contribution is -0.385. The molecule has 46 heteroatoms. The summed E-state index contributed by atoms with van der Waals surface area (Å²) in [6.07, 6.45) is 22.4. The van der Waals surface area contributed by atoms with Crippen LogP contribution in [0.15, 0.2) is 134 Å². The lowest BCUT2D eigenvalue weighted by Gasteiger charge is -2.09. The summed E-state index contributed by atoms with van der Waals surface area (Å²) in [5, 5.41) is 42.9. The summed E-state index contributed by atoms with van der Waals surface area (Å²) in [5.41, 5.74) is 14.5. The number of aryl methyl sites for hydroxylation is 2. The van der Waals surface area contributed by atoms with E-state index in [9.17, 15) is 57.4 Å². The van der Waals surface area contributed by atoms with Gasteiger partial charge in [-0.15, -0.1) is 0 Å². The van der Waals surface area contributed by atoms with Gasteiger partial charge < -0.3 is 71.7 Å². The van der Waals surface area contributed by atoms with Crippen molar-refractivity contribution in [2.45, 2.75) is 53.4 Å². The number of ether oxygens (including phenoxy) is 8. The van der Waals surface area contributed by atoms with Crippen LogP contribution < -0.4 is 30.0 Å². The van der Waals surface area contributed by atoms with Crippen LogP contribution in [0.3, 0.4) is 0 Å². The second-order valence-corrected chi connectivity index (χ2v) is 23.4. The zero-order valence-corrected chi connectivity index (χ0v) is 62.3. The summed E-state index contributed by atoms with van der Waals surface area (Å²) in [5.74, 6) is -1.66. The molecule has 4 N–H and O–H groups in total. The minimum atomic E-state index is -3.47. The first-order valence-electron chi connectivity index (χ1n) is 33.6. The lowest BCUT2D eigenvalue weighted by Crippen LogP contribution is -2.26. The molecule has 45 nitrogen and oxygen atoms in total. The van der Waals surface area contributed by atoms with Crippen LogP contribution in [0.5, 0.6) is 23.0 Å². The molecule has 10 rings (SSSR count). The predicted octanol–water partition coefficient (Wildman–Crippen LogP) is 8.07. The molecular formula is C67H75N19O26S. The van der Waals surface area contributed by atoms with Gasteiger partial charge in [-0.1, -0.05) is 5.11 Å². The van der Waals surface area contributed by atoms with E-state index in [2.05, 4.69) is 69.6 Å². The van der Waals surface area contributed by atoms with E-state index in [1.54, 1.807) is 70.6 Å². The third-order valence-corrected chi connectivity index (χ3v) is 14.1. The molecule has 0 aliphatic rings. The van der Waals surface area contributed by atoms with Gasteiger partial charge in [-0.3, -0.25) is 58.5 Å². The largest absolute Gasteiger partial charge is 0.491 e. The van der Waals surface area contributed by atoms with E-state index in [0.717, 1.165) is 29.8 Å². The van der Waals surface area contributed by atoms with Crippen molar-refractivity contribution in [3.63, 3.8) is 0 Å². The summed E-state index contributed by atoms with van der Waals surface area (Å²) in [7, 11) is -0.558. The van der Waals surface area contributed by atoms with Crippen LogP contribution in [0.25, 0.3) is 56.3 Å². The molecule has 1 amide bonds. The minimum Gasteiger partial charge on any atom is -0.491 e. The fourth-order valence-corrected chi connectivity index (χ4v) is 9.04. The van der Waals surface area contributed by atoms with Crippen molar-refractivity contribution in [3.05, 3.63) is 176 Å². The first-order valence-corrected chi connectivity index (χ1v) is 35.4. The van der Waals surface area contributed by atoms with Crippen LogP contribution in [-0.4, -0.2) is 204 Å². The van der Waals surface area contributed by atoms with Crippen molar-refractivity contribution in [3.8, 4) is 68.8 Å². The smallest absolute Gasteiger partial charge is 0.363 e. The van der Waals surface area contributed by atoms with Crippen molar-refractivity contribution in [1.29, 1.82) is 0 Å². The number of amides is 1. The number of hydrogen-bond acceptors (Lipinski definition) is 37. The Labute approximate surface area is 640 Å². The summed E-state index contributed by atoms with van der Waals surface area (Å²) >= 11 is 0. The molecule has 0 aromatic carbocycles. The van der Waals surface area contributed by atoms with E-state index < -0.39 is 67.1 Å². The molecule has 0 spiro atoms. The van der Waals surface area contributed by atoms with E-state index in [0.29, 0.717) is 90.8 Å². The number of esters is 4. The highest BCUT2D eigenvalue weighted by Crippen LogP contribution is 2.33. The molecule has 0 unspecified atom stereocenters. The first kappa shape index (κ1) is 87.8. The summed E-state index contributed by atoms with van der Waals surface area (Å²) in [6.45, 7) is 10.2. The van der Waals surface area contributed by atoms with Gasteiger partial charge in [-0.25, -0.2) is 43.9 Å². The standard InChI is InChI=1S/C19H20N6O7.C15H18N2O7S.C14H15N5O4.C14H17N3O4.C5H5N3O4/c1-3-30-19(27)13-11-32-18(22-13)12-5-7-20-9-15(12)31-8-4-6-21-17(26)16-14(25(28)29)10-24(2)23-16;1-3-21-15(18)12-10-23-14(17-12)11-5-6-16-9-13(11)22-7-4-8-24-25(2,19)20;1-2-21-14(20)11-9-23-13(18-11)10-4-6-16-8-12(10)22-7-3-5-17-19-15;1-2-19-14(18)11-9-21-13(17-11)10-4-6-16-8-12(10)20-7-3-5-15;1-7-2-3(8(11)12)4(6-7)5(9)10/h5,7,9-11H,3-4,6,8H2,1-2H3,(H,21,26);5-6,9-10H,3-4,7-8H2,1-2H3;4,6,8-9H,2-3,5,7H2,1H3;4,6,8-9H,2-3,5,7,15H2,1H3;2H,1H3,(H,9,10). The Kier molecular flexibility index (Phi) is 35.4. The van der Waals surface area contributed by atoms with E-state index in [-0.39, 0.29) is 111 Å². The number of pyridine rings is 4. The monoisotopic (exact) mass is 1590 g/mol. The van der Waals surface area contributed by atoms with Crippen molar-refractivity contribution < 1.29 is 112 Å². The highest BCUT2D eigenvalue weighted by Gasteiger charge is 2.27. The van der Waals surface area contributed by atoms with Crippen molar-refractivity contribution >= 4 is 57.2 Å². The average molecular weight is 1590 g/mol. The Balaban J connectivity index is 0.000000226. The molecule has 10 heterocycles. The number of hydrogen-bond donors (Lipinski definition) is 3. The number of aromatic carboxylic acids is 1. The molecule has 0 aliphatic heterocycles. The highest BCUT2D eigenvalue weighted by atomic mass is 32.2. The minimum absolute atomic E-state index is 0.0143. The first-order chi connectivity index (χ1) is 54.3. The van der Waals surface area contributed by atoms with Gasteiger partial charge in [-0.2, -0.15) is 18.6 Å². The summed E-state index contributed by atoms with van der Waals surface area (Å²) in [6, 6.07) is 6.63. The SMILES string of the molecule is CCOC(=O)c1coc(-c2ccncc2OCCCN)n1.CCOC(=O)c1coc(-c2ccncc2OCCCN=[N+]=[N-])n1.CCOC(=O)c1coc(-c2ccncc2OCCCNC(=O)c2nn(C)cc2[N+](=O)[O-])n1.CCOC(=O)c1coc(-c2ccncc2OCCCOS(C)(=O)=O)n1.Cn1cc([N+](=O)[O-])c(C(=O)O)n1. The van der Waals surface area contributed by atoms with Gasteiger partial charge in [0.2, 0.25) is 35.0 Å². The number of nitro groups is 2. The number of carbonyl (C=O) groups excluding carboxylic acids is 5. The van der Waals surface area contributed by atoms with Crippen LogP contribution in [0, 0.1) is 20.2 Å². The number of nitrogens with two attached hydrogens (primary N) is 1. The van der Waals surface area contributed by atoms with Crippen molar-refractivity contribution in [2.24, 2.45) is 24.9 Å². The summed E-state index contributed by atoms with van der Waals surface area (Å²) in [4.78, 5) is 124. The van der Waals surface area contributed by atoms with E-state index in [4.69, 9.17) is 71.9 Å². The van der Waals surface area contributed by atoms with Gasteiger partial charge in [0.05, 0.1) is 123 Å². The fraction of sp³-hybridized carbons (Fsp3) is 0.343. The molecule has 0 radical (unpaired) electrons. The zero-order chi connectivity index (χ0) is 82.2. The predicted molar refractivity (Wildman–Crippen MR) is 386 cm³/mol. The fourth-order valence-electron chi connectivity index (χ4n) is 8.62. The van der Waals surface area contributed by atoms with Crippen LogP contribution in [0.4, 0.5) is 11.4 Å². The number of oxazole rings is 4. The van der Waals surface area contributed by atoms with E-state index in [1.807, 2.05) is 0 Å². The molecule has 0 fully saturated rings. The topological polar surface area (TPSA) is 604 Å². The van der Waals surface area contributed by atoms with Gasteiger partial charge in [-0.05, 0) is 83.3 Å². The quantitative estimate of drug-likeness (QED) is 0.00384. The number of azide groups is 1. The van der Waals surface area contributed by atoms with E-state index in [1.165, 1.54) is 74.8 Å². The van der Waals surface area contributed by atoms with Gasteiger partial charge in [0.15, 0.2) is 22.8 Å². The highest BCUT2D eigenvalue weighted by molar-refractivity contribution is 7.86. The number of aromatic nitrogens is 12. The Bertz CT molecular complexity index is 4940. The maximum absolute atomic E-state index is 12.2. The zero-order valence-electron chi connectivity index (χ0n) is 61.4. The number of nitrogens with one attached hydrogen (secondary N) is 1. The molecule has 0 saturated carbocycles. The maximum atomic E-state index is 12.2. The van der Waals surface area contributed by atoms with Gasteiger partial charge in [0, 0.05) is 63.3 Å². The van der Waals surface area contributed by atoms with E-state index >= 15 is 0 Å². The molecule has 0 bridgehead atoms. The number of rotatable bonds is 36. The van der Waals surface area contributed by atoms with Crippen LogP contribution in [0.2, 0.25) is 0 Å². The Morgan fingerprint density at radius 2 is 0.885 bits per heavy atom. The van der Waals surface area contributed by atoms with Crippen LogP contribution >= 0.6 is 0 Å². The Hall–Kier alpha value is -14.1. The Morgan fingerprint density at radius 1 is 0.549 bits per heavy atom. The molecule has 600 valence electrons. The summed E-state index contributed by atoms with van der Waals surface area (Å²) < 4.78 is 91.9. The Morgan fingerprint density at radius 3 is 1.20 bits per heavy atom. The van der Waals surface area contributed by atoms with Crippen molar-refractivity contribution in [1.82, 2.24) is 64.7 Å². The molecular weight excluding hydrogens is 1520 g/mol. The van der Waals surface area contributed by atoms with Gasteiger partial charge in [0.25, 0.3) is 16.0 Å². The van der Waals surface area contributed by atoms with Crippen LogP contribution in [-0.2, 0) is 47.3 Å². The van der Waals surface area contributed by atoms with Crippen LogP contribution in [0.1, 0.15) is 116 Å². The van der Waals surface area contributed by atoms with Crippen molar-refractivity contribution in [2.75, 3.05) is 85.4 Å². The second-order valence-electron chi connectivity index (χ2n) is 21.7. The lowest BCUT2D eigenvalue weighted by atomic mass is 10.2. The molecule has 10 aromatic heterocycles. The van der Waals surface area contributed by atoms with Gasteiger partial charge in [0.1, 0.15) is 60.4 Å². The number of carboxylic acid groups (broad SMARTS) is 1. The molecule has 10 aromatic rings. The number of carboxylic acids is 1. The molecule has 113 heavy (non-hydrogen) atoms. The third-order valence-electron chi connectivity index (χ3n) is 13.5. The third kappa shape index (κ3) is 28.1. The second kappa shape index (κ2) is 45.6. The number of carbonyl (C=O) groups is 6. The molecule has 0 aliphatic carbocycles. The van der Waals surface area contributed by atoms with Gasteiger partial charge >= 0.3 is 41.2 Å². The molecule has 0 saturated heterocycles. The molecule has 0 atom stereocenters. The maximum Gasteiger partial charge on any atom is 0.363 e. The normalized spacial score (nSPS) is 10.5. The number of nitrogens with zero attached hydrogens (tertiary/aromatic N) is 17.